The number of nitrogens with one attached hydrogen (secondary N) is 1. The van der Waals surface area contributed by atoms with Gasteiger partial charge in [-0.05, 0) is 30.7 Å². The van der Waals surface area contributed by atoms with Crippen molar-refractivity contribution in [1.82, 2.24) is 5.32 Å². The zero-order valence-corrected chi connectivity index (χ0v) is 13.4. The second kappa shape index (κ2) is 6.77. The molecule has 0 aromatic heterocycles. The molecule has 112 valence electrons. The Bertz CT molecular complexity index is 563. The van der Waals surface area contributed by atoms with Gasteiger partial charge in [0, 0.05) is 11.5 Å². The van der Waals surface area contributed by atoms with Gasteiger partial charge in [-0.2, -0.15) is 0 Å². The largest absolute Gasteiger partial charge is 0.496 e. The maximum Gasteiger partial charge on any atom is 0.122 e. The molecule has 0 aliphatic heterocycles. The topological polar surface area (TPSA) is 21.3 Å². The van der Waals surface area contributed by atoms with Gasteiger partial charge < -0.3 is 10.1 Å². The van der Waals surface area contributed by atoms with Gasteiger partial charge in [-0.3, -0.25) is 0 Å². The molecule has 2 rings (SSSR count). The van der Waals surface area contributed by atoms with Gasteiger partial charge in [0.15, 0.2) is 0 Å². The van der Waals surface area contributed by atoms with Crippen LogP contribution in [-0.4, -0.2) is 20.2 Å². The van der Waals surface area contributed by atoms with Crippen molar-refractivity contribution in [1.29, 1.82) is 0 Å². The van der Waals surface area contributed by atoms with Crippen LogP contribution in [0, 0.1) is 0 Å². The van der Waals surface area contributed by atoms with Crippen molar-refractivity contribution in [2.45, 2.75) is 31.7 Å². The summed E-state index contributed by atoms with van der Waals surface area (Å²) in [6.45, 7) is 4.58. The molecule has 0 fully saturated rings. The van der Waals surface area contributed by atoms with Crippen LogP contribution in [0.2, 0.25) is 0 Å². The van der Waals surface area contributed by atoms with Gasteiger partial charge in [-0.15, -0.1) is 0 Å². The van der Waals surface area contributed by atoms with E-state index >= 15 is 0 Å². The van der Waals surface area contributed by atoms with Crippen molar-refractivity contribution in [2.24, 2.45) is 0 Å². The Labute approximate surface area is 128 Å². The van der Waals surface area contributed by atoms with Gasteiger partial charge in [-0.25, -0.2) is 0 Å². The van der Waals surface area contributed by atoms with E-state index in [0.717, 1.165) is 12.2 Å². The summed E-state index contributed by atoms with van der Waals surface area (Å²) in [6, 6.07) is 19.3. The second-order valence-electron chi connectivity index (χ2n) is 5.94. The summed E-state index contributed by atoms with van der Waals surface area (Å²) in [6.07, 6.45) is 0.933. The third-order valence-electron chi connectivity index (χ3n) is 4.35. The monoisotopic (exact) mass is 283 g/mol. The summed E-state index contributed by atoms with van der Waals surface area (Å²) in [5.74, 6) is 0.960. The number of rotatable bonds is 6. The van der Waals surface area contributed by atoms with E-state index < -0.39 is 0 Å². The Kier molecular flexibility index (Phi) is 5.03. The smallest absolute Gasteiger partial charge is 0.122 e. The summed E-state index contributed by atoms with van der Waals surface area (Å²) < 4.78 is 5.48. The second-order valence-corrected chi connectivity index (χ2v) is 5.94. The fourth-order valence-corrected chi connectivity index (χ4v) is 2.88. The lowest BCUT2D eigenvalue weighted by Crippen LogP contribution is -2.44. The minimum atomic E-state index is 0.0386. The molecule has 0 amide bonds. The number of hydrogen-bond acceptors (Lipinski definition) is 2. The molecule has 2 aromatic carbocycles. The molecular formula is C19H25NO. The summed E-state index contributed by atoms with van der Waals surface area (Å²) >= 11 is 0. The van der Waals surface area contributed by atoms with Gasteiger partial charge in [0.1, 0.15) is 5.75 Å². The summed E-state index contributed by atoms with van der Waals surface area (Å²) in [7, 11) is 3.76. The van der Waals surface area contributed by atoms with E-state index in [2.05, 4.69) is 61.6 Å². The van der Waals surface area contributed by atoms with Crippen LogP contribution in [-0.2, 0) is 11.8 Å². The highest BCUT2D eigenvalue weighted by Gasteiger charge is 2.30. The fourth-order valence-electron chi connectivity index (χ4n) is 2.88. The van der Waals surface area contributed by atoms with Crippen LogP contribution in [0.25, 0.3) is 0 Å². The Morgan fingerprint density at radius 3 is 2.24 bits per heavy atom. The number of hydrogen-bond donors (Lipinski definition) is 1. The van der Waals surface area contributed by atoms with E-state index in [-0.39, 0.29) is 5.41 Å². The molecule has 21 heavy (non-hydrogen) atoms. The molecule has 2 nitrogen and oxygen atoms in total. The van der Waals surface area contributed by atoms with Gasteiger partial charge >= 0.3 is 0 Å². The molecule has 0 heterocycles. The van der Waals surface area contributed by atoms with E-state index in [1.807, 2.05) is 19.2 Å². The molecule has 0 spiro atoms. The lowest BCUT2D eigenvalue weighted by atomic mass is 9.75. The molecule has 0 bridgehead atoms. The third-order valence-corrected chi connectivity index (χ3v) is 4.35. The highest BCUT2D eigenvalue weighted by molar-refractivity contribution is 5.35. The minimum absolute atomic E-state index is 0.0386. The Morgan fingerprint density at radius 1 is 1.00 bits per heavy atom. The van der Waals surface area contributed by atoms with Gasteiger partial charge in [0.05, 0.1) is 7.11 Å². The average Bonchev–Trinajstić information content (AvgIpc) is 2.53. The third kappa shape index (κ3) is 3.45. The van der Waals surface area contributed by atoms with Crippen molar-refractivity contribution in [3.05, 3.63) is 65.7 Å². The zero-order chi connectivity index (χ0) is 15.3. The summed E-state index contributed by atoms with van der Waals surface area (Å²) in [4.78, 5) is 0. The lowest BCUT2D eigenvalue weighted by Gasteiger charge is -2.35. The first-order valence-electron chi connectivity index (χ1n) is 7.44. The van der Waals surface area contributed by atoms with Crippen LogP contribution in [0.4, 0.5) is 0 Å². The van der Waals surface area contributed by atoms with Gasteiger partial charge in [0.2, 0.25) is 0 Å². The van der Waals surface area contributed by atoms with Crippen molar-refractivity contribution < 1.29 is 4.74 Å². The van der Waals surface area contributed by atoms with Crippen LogP contribution < -0.4 is 10.1 Å². The maximum atomic E-state index is 5.48. The number of para-hydroxylation sites is 1. The minimum Gasteiger partial charge on any atom is -0.496 e. The molecule has 1 unspecified atom stereocenters. The van der Waals surface area contributed by atoms with Crippen LogP contribution in [0.3, 0.4) is 0 Å². The van der Waals surface area contributed by atoms with Gasteiger partial charge in [-0.1, -0.05) is 62.4 Å². The normalized spacial score (nSPS) is 13.0. The first-order chi connectivity index (χ1) is 10.1. The molecule has 0 aliphatic rings. The molecular weight excluding hydrogens is 258 g/mol. The molecule has 0 saturated heterocycles. The highest BCUT2D eigenvalue weighted by Crippen LogP contribution is 2.30. The average molecular weight is 283 g/mol. The molecule has 0 radical (unpaired) electrons. The Balaban J connectivity index is 2.27. The van der Waals surface area contributed by atoms with E-state index in [9.17, 15) is 0 Å². The Hall–Kier alpha value is -1.80. The predicted molar refractivity (Wildman–Crippen MR) is 89.0 cm³/mol. The van der Waals surface area contributed by atoms with Crippen molar-refractivity contribution >= 4 is 0 Å². The molecule has 2 heteroatoms. The molecule has 1 N–H and O–H groups in total. The zero-order valence-electron chi connectivity index (χ0n) is 13.4. The van der Waals surface area contributed by atoms with E-state index in [4.69, 9.17) is 4.74 Å². The first kappa shape index (κ1) is 15.6. The first-order valence-corrected chi connectivity index (χ1v) is 7.44. The quantitative estimate of drug-likeness (QED) is 0.870. The molecule has 0 saturated carbocycles. The number of likely N-dealkylation sites (N-methyl/N-ethyl adjacent to an activating group) is 1. The summed E-state index contributed by atoms with van der Waals surface area (Å²) in [5, 5.41) is 3.49. The standard InChI is InChI=1S/C19H25NO/c1-19(2,16-11-6-5-7-12-16)18(20-3)14-15-10-8-9-13-17(15)21-4/h5-13,18,20H,14H2,1-4H3. The van der Waals surface area contributed by atoms with Crippen molar-refractivity contribution in [2.75, 3.05) is 14.2 Å². The van der Waals surface area contributed by atoms with Crippen LogP contribution in [0.1, 0.15) is 25.0 Å². The molecule has 1 atom stereocenters. The van der Waals surface area contributed by atoms with Gasteiger partial charge in [0.25, 0.3) is 0 Å². The predicted octanol–water partition coefficient (Wildman–Crippen LogP) is 3.80. The summed E-state index contributed by atoms with van der Waals surface area (Å²) in [5.41, 5.74) is 2.62. The fraction of sp³-hybridized carbons (Fsp3) is 0.368. The van der Waals surface area contributed by atoms with Crippen LogP contribution in [0.5, 0.6) is 5.75 Å². The van der Waals surface area contributed by atoms with Crippen molar-refractivity contribution in [3.8, 4) is 5.75 Å². The van der Waals surface area contributed by atoms with Crippen molar-refractivity contribution in [3.63, 3.8) is 0 Å². The van der Waals surface area contributed by atoms with E-state index in [1.165, 1.54) is 11.1 Å². The highest BCUT2D eigenvalue weighted by atomic mass is 16.5. The molecule has 0 aliphatic carbocycles. The van der Waals surface area contributed by atoms with E-state index in [0.29, 0.717) is 6.04 Å². The number of ether oxygens (including phenoxy) is 1. The number of methoxy groups -OCH3 is 1. The van der Waals surface area contributed by atoms with Crippen LogP contribution in [0.15, 0.2) is 54.6 Å². The van der Waals surface area contributed by atoms with Crippen LogP contribution >= 0.6 is 0 Å². The molecule has 2 aromatic rings. The van der Waals surface area contributed by atoms with E-state index in [1.54, 1.807) is 7.11 Å². The Morgan fingerprint density at radius 2 is 1.62 bits per heavy atom. The SMILES string of the molecule is CNC(Cc1ccccc1OC)C(C)(C)c1ccccc1. The lowest BCUT2D eigenvalue weighted by molar-refractivity contribution is 0.348. The maximum absolute atomic E-state index is 5.48. The number of benzene rings is 2.